The minimum atomic E-state index is -0.856. The quantitative estimate of drug-likeness (QED) is 0.496. The first-order chi connectivity index (χ1) is 6.19. The normalized spacial score (nSPS) is 12.8. The molecule has 0 aliphatic heterocycles. The lowest BCUT2D eigenvalue weighted by Crippen LogP contribution is -2.13. The molecule has 13 heavy (non-hydrogen) atoms. The highest BCUT2D eigenvalue weighted by atomic mass is 16.3. The zero-order valence-electron chi connectivity index (χ0n) is 7.01. The molecule has 0 aliphatic carbocycles. The fourth-order valence-electron chi connectivity index (χ4n) is 0.934. The molecule has 0 radical (unpaired) electrons. The molecule has 1 rings (SSSR count). The molecular weight excluding hydrogens is 172 g/mol. The van der Waals surface area contributed by atoms with Crippen molar-refractivity contribution in [2.75, 3.05) is 6.54 Å². The third-order valence-corrected chi connectivity index (χ3v) is 1.69. The Labute approximate surface area is 75.5 Å². The highest BCUT2D eigenvalue weighted by Gasteiger charge is 2.09. The SMILES string of the molecule is NCC(O)c1ccc(O)c(CO)n1. The van der Waals surface area contributed by atoms with Crippen molar-refractivity contribution in [3.63, 3.8) is 0 Å². The van der Waals surface area contributed by atoms with Gasteiger partial charge in [0.25, 0.3) is 0 Å². The first kappa shape index (κ1) is 9.91. The molecule has 0 aromatic carbocycles. The molecule has 1 atom stereocenters. The Hall–Kier alpha value is -1.17. The standard InChI is InChI=1S/C8H12N2O3/c9-3-8(13)5-1-2-7(12)6(4-11)10-5/h1-2,8,11-13H,3-4,9H2. The van der Waals surface area contributed by atoms with Crippen molar-refractivity contribution < 1.29 is 15.3 Å². The molecule has 1 heterocycles. The van der Waals surface area contributed by atoms with Gasteiger partial charge in [-0.1, -0.05) is 0 Å². The maximum atomic E-state index is 9.29. The summed E-state index contributed by atoms with van der Waals surface area (Å²) in [6.45, 7) is -0.306. The summed E-state index contributed by atoms with van der Waals surface area (Å²) in [6.07, 6.45) is -0.856. The van der Waals surface area contributed by atoms with Gasteiger partial charge >= 0.3 is 0 Å². The van der Waals surface area contributed by atoms with Gasteiger partial charge in [-0.25, -0.2) is 4.98 Å². The Morgan fingerprint density at radius 1 is 1.46 bits per heavy atom. The topological polar surface area (TPSA) is 99.6 Å². The van der Waals surface area contributed by atoms with Crippen LogP contribution in [0.5, 0.6) is 5.75 Å². The molecule has 0 spiro atoms. The van der Waals surface area contributed by atoms with E-state index in [1.54, 1.807) is 0 Å². The van der Waals surface area contributed by atoms with Crippen molar-refractivity contribution in [2.24, 2.45) is 5.73 Å². The Morgan fingerprint density at radius 2 is 2.15 bits per heavy atom. The summed E-state index contributed by atoms with van der Waals surface area (Å²) in [7, 11) is 0. The number of aromatic nitrogens is 1. The summed E-state index contributed by atoms with van der Waals surface area (Å²) >= 11 is 0. The smallest absolute Gasteiger partial charge is 0.139 e. The third-order valence-electron chi connectivity index (χ3n) is 1.69. The van der Waals surface area contributed by atoms with E-state index in [0.717, 1.165) is 0 Å². The molecule has 5 nitrogen and oxygen atoms in total. The van der Waals surface area contributed by atoms with Gasteiger partial charge in [-0.2, -0.15) is 0 Å². The van der Waals surface area contributed by atoms with E-state index in [4.69, 9.17) is 15.9 Å². The minimum absolute atomic E-state index is 0.0582. The fourth-order valence-corrected chi connectivity index (χ4v) is 0.934. The molecule has 0 bridgehead atoms. The summed E-state index contributed by atoms with van der Waals surface area (Å²) in [4.78, 5) is 3.83. The number of nitrogens with zero attached hydrogens (tertiary/aromatic N) is 1. The van der Waals surface area contributed by atoms with Crippen molar-refractivity contribution in [3.8, 4) is 5.75 Å². The molecule has 5 N–H and O–H groups in total. The lowest BCUT2D eigenvalue weighted by atomic mass is 10.2. The van der Waals surface area contributed by atoms with Gasteiger partial charge in [-0.05, 0) is 12.1 Å². The summed E-state index contributed by atoms with van der Waals surface area (Å²) in [5.41, 5.74) is 5.71. The van der Waals surface area contributed by atoms with Crippen LogP contribution in [0.4, 0.5) is 0 Å². The lowest BCUT2D eigenvalue weighted by molar-refractivity contribution is 0.180. The van der Waals surface area contributed by atoms with E-state index >= 15 is 0 Å². The molecule has 1 aromatic rings. The van der Waals surface area contributed by atoms with E-state index in [-0.39, 0.29) is 24.6 Å². The molecule has 0 amide bonds. The van der Waals surface area contributed by atoms with Crippen molar-refractivity contribution in [1.29, 1.82) is 0 Å². The van der Waals surface area contributed by atoms with E-state index in [1.807, 2.05) is 0 Å². The molecule has 1 aromatic heterocycles. The summed E-state index contributed by atoms with van der Waals surface area (Å²) < 4.78 is 0. The lowest BCUT2D eigenvalue weighted by Gasteiger charge is -2.08. The number of aliphatic hydroxyl groups excluding tert-OH is 2. The van der Waals surface area contributed by atoms with Gasteiger partial charge in [0.05, 0.1) is 12.3 Å². The zero-order valence-corrected chi connectivity index (χ0v) is 7.01. The average Bonchev–Trinajstić information content (AvgIpc) is 2.17. The third kappa shape index (κ3) is 2.15. The van der Waals surface area contributed by atoms with Gasteiger partial charge in [0.15, 0.2) is 0 Å². The first-order valence-electron chi connectivity index (χ1n) is 3.86. The molecule has 0 fully saturated rings. The maximum Gasteiger partial charge on any atom is 0.139 e. The van der Waals surface area contributed by atoms with Crippen molar-refractivity contribution >= 4 is 0 Å². The van der Waals surface area contributed by atoms with Crippen LogP contribution in [0.25, 0.3) is 0 Å². The predicted octanol–water partition coefficient (Wildman–Crippen LogP) is -0.728. The van der Waals surface area contributed by atoms with Crippen LogP contribution < -0.4 is 5.73 Å². The molecular formula is C8H12N2O3. The number of nitrogens with two attached hydrogens (primary N) is 1. The molecule has 1 unspecified atom stereocenters. The van der Waals surface area contributed by atoms with Crippen molar-refractivity contribution in [1.82, 2.24) is 4.98 Å². The molecule has 0 aliphatic rings. The minimum Gasteiger partial charge on any atom is -0.506 e. The van der Waals surface area contributed by atoms with Gasteiger partial charge < -0.3 is 21.1 Å². The molecule has 0 saturated heterocycles. The summed E-state index contributed by atoms with van der Waals surface area (Å²) in [5.74, 6) is -0.0875. The molecule has 5 heteroatoms. The first-order valence-corrected chi connectivity index (χ1v) is 3.86. The molecule has 72 valence electrons. The Morgan fingerprint density at radius 3 is 2.69 bits per heavy atom. The van der Waals surface area contributed by atoms with Crippen molar-refractivity contribution in [2.45, 2.75) is 12.7 Å². The van der Waals surface area contributed by atoms with Gasteiger partial charge in [0.1, 0.15) is 17.5 Å². The largest absolute Gasteiger partial charge is 0.506 e. The van der Waals surface area contributed by atoms with Crippen LogP contribution in [0.3, 0.4) is 0 Å². The number of pyridine rings is 1. The van der Waals surface area contributed by atoms with E-state index < -0.39 is 6.10 Å². The van der Waals surface area contributed by atoms with Gasteiger partial charge in [0, 0.05) is 6.54 Å². The van der Waals surface area contributed by atoms with E-state index in [1.165, 1.54) is 12.1 Å². The number of hydrogen-bond acceptors (Lipinski definition) is 5. The van der Waals surface area contributed by atoms with Crippen LogP contribution in [-0.2, 0) is 6.61 Å². The van der Waals surface area contributed by atoms with Crippen molar-refractivity contribution in [3.05, 3.63) is 23.5 Å². The van der Waals surface area contributed by atoms with E-state index in [0.29, 0.717) is 5.69 Å². The van der Waals surface area contributed by atoms with Crippen LogP contribution in [0.1, 0.15) is 17.5 Å². The number of hydrogen-bond donors (Lipinski definition) is 4. The van der Waals surface area contributed by atoms with Gasteiger partial charge in [-0.15, -0.1) is 0 Å². The highest BCUT2D eigenvalue weighted by Crippen LogP contribution is 2.17. The van der Waals surface area contributed by atoms with Crippen LogP contribution in [0.2, 0.25) is 0 Å². The van der Waals surface area contributed by atoms with Crippen LogP contribution in [0.15, 0.2) is 12.1 Å². The van der Waals surface area contributed by atoms with E-state index in [2.05, 4.69) is 4.98 Å². The predicted molar refractivity (Wildman–Crippen MR) is 45.8 cm³/mol. The summed E-state index contributed by atoms with van der Waals surface area (Å²) in [5, 5.41) is 27.2. The van der Waals surface area contributed by atoms with Gasteiger partial charge in [0.2, 0.25) is 0 Å². The monoisotopic (exact) mass is 184 g/mol. The maximum absolute atomic E-state index is 9.29. The zero-order chi connectivity index (χ0) is 9.84. The van der Waals surface area contributed by atoms with E-state index in [9.17, 15) is 5.11 Å². The number of aromatic hydroxyl groups is 1. The average molecular weight is 184 g/mol. The number of rotatable bonds is 3. The van der Waals surface area contributed by atoms with Crippen LogP contribution in [-0.4, -0.2) is 26.8 Å². The fraction of sp³-hybridized carbons (Fsp3) is 0.375. The Bertz CT molecular complexity index is 291. The molecule has 0 saturated carbocycles. The van der Waals surface area contributed by atoms with Gasteiger partial charge in [-0.3, -0.25) is 0 Å². The van der Waals surface area contributed by atoms with Crippen LogP contribution >= 0.6 is 0 Å². The second-order valence-electron chi connectivity index (χ2n) is 2.61. The summed E-state index contributed by atoms with van der Waals surface area (Å²) in [6, 6.07) is 2.83. The Balaban J connectivity index is 2.99. The Kier molecular flexibility index (Phi) is 3.18. The second-order valence-corrected chi connectivity index (χ2v) is 2.61. The number of aliphatic hydroxyl groups is 2. The van der Waals surface area contributed by atoms with Crippen LogP contribution in [0, 0.1) is 0 Å². The second kappa shape index (κ2) is 4.18. The highest BCUT2D eigenvalue weighted by molar-refractivity contribution is 5.28.